The van der Waals surface area contributed by atoms with Gasteiger partial charge in [-0.3, -0.25) is 0 Å². The van der Waals surface area contributed by atoms with Crippen molar-refractivity contribution in [1.82, 2.24) is 5.32 Å². The maximum atomic E-state index is 5.75. The molecule has 0 aliphatic carbocycles. The lowest BCUT2D eigenvalue weighted by Crippen LogP contribution is -2.33. The Balaban J connectivity index is 3.42. The highest BCUT2D eigenvalue weighted by Crippen LogP contribution is 2.12. The highest BCUT2D eigenvalue weighted by Gasteiger charge is 2.07. The second kappa shape index (κ2) is 11.0. The molecule has 0 bridgehead atoms. The summed E-state index contributed by atoms with van der Waals surface area (Å²) >= 11 is 0. The molecule has 2 atom stereocenters. The second-order valence-electron chi connectivity index (χ2n) is 5.48. The smallest absolute Gasteiger partial charge is 0.0591 e. The summed E-state index contributed by atoms with van der Waals surface area (Å²) in [5.41, 5.74) is 0. The molecule has 0 saturated carbocycles. The van der Waals surface area contributed by atoms with Gasteiger partial charge in [-0.05, 0) is 25.2 Å². The molecule has 0 amide bonds. The third-order valence-electron chi connectivity index (χ3n) is 3.61. The van der Waals surface area contributed by atoms with E-state index in [1.165, 1.54) is 25.7 Å². The zero-order chi connectivity index (χ0) is 13.1. The number of ether oxygens (including phenoxy) is 1. The lowest BCUT2D eigenvalue weighted by molar-refractivity contribution is 0.0936. The first-order valence-corrected chi connectivity index (χ1v) is 7.42. The molecule has 0 aromatic carbocycles. The van der Waals surface area contributed by atoms with Crippen LogP contribution in [0.15, 0.2) is 0 Å². The fourth-order valence-electron chi connectivity index (χ4n) is 1.74. The Hall–Kier alpha value is -0.0800. The maximum absolute atomic E-state index is 5.75. The van der Waals surface area contributed by atoms with Gasteiger partial charge in [0, 0.05) is 19.2 Å². The molecule has 0 fully saturated rings. The van der Waals surface area contributed by atoms with E-state index in [1.54, 1.807) is 0 Å². The first-order valence-electron chi connectivity index (χ1n) is 7.42. The van der Waals surface area contributed by atoms with E-state index in [9.17, 15) is 0 Å². The van der Waals surface area contributed by atoms with Gasteiger partial charge in [0.15, 0.2) is 0 Å². The van der Waals surface area contributed by atoms with Gasteiger partial charge in [-0.15, -0.1) is 0 Å². The van der Waals surface area contributed by atoms with Crippen LogP contribution in [0.5, 0.6) is 0 Å². The van der Waals surface area contributed by atoms with E-state index in [0.29, 0.717) is 12.0 Å². The summed E-state index contributed by atoms with van der Waals surface area (Å²) in [6, 6.07) is 0.584. The summed E-state index contributed by atoms with van der Waals surface area (Å²) in [7, 11) is 0. The van der Waals surface area contributed by atoms with Crippen LogP contribution in [0, 0.1) is 11.8 Å². The molecule has 2 unspecified atom stereocenters. The van der Waals surface area contributed by atoms with E-state index in [0.717, 1.165) is 25.7 Å². The number of unbranched alkanes of at least 4 members (excludes halogenated alkanes) is 1. The average Bonchev–Trinajstić information content (AvgIpc) is 2.32. The SMILES string of the molecule is CCCCC(CC)COCCNC(C)C(C)C. The number of nitrogens with one attached hydrogen (secondary N) is 1. The van der Waals surface area contributed by atoms with Crippen molar-refractivity contribution in [3.05, 3.63) is 0 Å². The molecule has 17 heavy (non-hydrogen) atoms. The van der Waals surface area contributed by atoms with Crippen molar-refractivity contribution in [2.75, 3.05) is 19.8 Å². The summed E-state index contributed by atoms with van der Waals surface area (Å²) in [6.07, 6.45) is 5.20. The van der Waals surface area contributed by atoms with E-state index >= 15 is 0 Å². The predicted molar refractivity (Wildman–Crippen MR) is 76.4 cm³/mol. The molecule has 2 nitrogen and oxygen atoms in total. The van der Waals surface area contributed by atoms with Crippen molar-refractivity contribution in [2.45, 2.75) is 66.3 Å². The third-order valence-corrected chi connectivity index (χ3v) is 3.61. The molecule has 2 heteroatoms. The van der Waals surface area contributed by atoms with E-state index in [2.05, 4.69) is 39.9 Å². The van der Waals surface area contributed by atoms with Crippen molar-refractivity contribution in [1.29, 1.82) is 0 Å². The Morgan fingerprint density at radius 1 is 1.12 bits per heavy atom. The quantitative estimate of drug-likeness (QED) is 0.556. The summed E-state index contributed by atoms with van der Waals surface area (Å²) in [5.74, 6) is 1.46. The summed E-state index contributed by atoms with van der Waals surface area (Å²) in [6.45, 7) is 14.0. The van der Waals surface area contributed by atoms with E-state index in [4.69, 9.17) is 4.74 Å². The van der Waals surface area contributed by atoms with Crippen molar-refractivity contribution in [3.63, 3.8) is 0 Å². The largest absolute Gasteiger partial charge is 0.380 e. The zero-order valence-electron chi connectivity index (χ0n) is 12.6. The van der Waals surface area contributed by atoms with Crippen LogP contribution in [0.3, 0.4) is 0 Å². The van der Waals surface area contributed by atoms with Crippen molar-refractivity contribution in [2.24, 2.45) is 11.8 Å². The molecule has 104 valence electrons. The van der Waals surface area contributed by atoms with Gasteiger partial charge in [0.2, 0.25) is 0 Å². The minimum Gasteiger partial charge on any atom is -0.380 e. The minimum absolute atomic E-state index is 0.584. The molecule has 0 aromatic rings. The standard InChI is InChI=1S/C15H33NO/c1-6-8-9-15(7-2)12-17-11-10-16-14(5)13(3)4/h13-16H,6-12H2,1-5H3. The molecule has 0 heterocycles. The molecule has 0 rings (SSSR count). The van der Waals surface area contributed by atoms with Crippen LogP contribution in [-0.2, 0) is 4.74 Å². The lowest BCUT2D eigenvalue weighted by atomic mass is 10.0. The van der Waals surface area contributed by atoms with Gasteiger partial charge in [0.05, 0.1) is 6.61 Å². The Morgan fingerprint density at radius 3 is 2.35 bits per heavy atom. The maximum Gasteiger partial charge on any atom is 0.0591 e. The van der Waals surface area contributed by atoms with Gasteiger partial charge in [-0.2, -0.15) is 0 Å². The van der Waals surface area contributed by atoms with Crippen LogP contribution in [0.1, 0.15) is 60.3 Å². The molecular formula is C15H33NO. The Bertz CT molecular complexity index is 159. The van der Waals surface area contributed by atoms with Crippen molar-refractivity contribution in [3.8, 4) is 0 Å². The van der Waals surface area contributed by atoms with Crippen molar-refractivity contribution >= 4 is 0 Å². The monoisotopic (exact) mass is 243 g/mol. The highest BCUT2D eigenvalue weighted by atomic mass is 16.5. The van der Waals surface area contributed by atoms with E-state index in [1.807, 2.05) is 0 Å². The van der Waals surface area contributed by atoms with Gasteiger partial charge >= 0.3 is 0 Å². The number of rotatable bonds is 11. The van der Waals surface area contributed by atoms with Crippen LogP contribution in [0.25, 0.3) is 0 Å². The first kappa shape index (κ1) is 16.9. The number of hydrogen-bond donors (Lipinski definition) is 1. The highest BCUT2D eigenvalue weighted by molar-refractivity contribution is 4.63. The Morgan fingerprint density at radius 2 is 1.82 bits per heavy atom. The van der Waals surface area contributed by atoms with Gasteiger partial charge < -0.3 is 10.1 Å². The van der Waals surface area contributed by atoms with Gasteiger partial charge in [0.1, 0.15) is 0 Å². The fourth-order valence-corrected chi connectivity index (χ4v) is 1.74. The first-order chi connectivity index (χ1) is 8.11. The molecule has 0 saturated heterocycles. The molecular weight excluding hydrogens is 210 g/mol. The topological polar surface area (TPSA) is 21.3 Å². The summed E-state index contributed by atoms with van der Waals surface area (Å²) in [5, 5.41) is 3.49. The van der Waals surface area contributed by atoms with Crippen LogP contribution < -0.4 is 5.32 Å². The Kier molecular flexibility index (Phi) is 11.0. The van der Waals surface area contributed by atoms with Crippen LogP contribution in [0.2, 0.25) is 0 Å². The molecule has 1 N–H and O–H groups in total. The number of hydrogen-bond acceptors (Lipinski definition) is 2. The molecule has 0 spiro atoms. The minimum atomic E-state index is 0.584. The second-order valence-corrected chi connectivity index (χ2v) is 5.48. The summed E-state index contributed by atoms with van der Waals surface area (Å²) < 4.78 is 5.75. The van der Waals surface area contributed by atoms with Crippen molar-refractivity contribution < 1.29 is 4.74 Å². The van der Waals surface area contributed by atoms with Gasteiger partial charge in [-0.1, -0.05) is 47.0 Å². The fraction of sp³-hybridized carbons (Fsp3) is 1.00. The predicted octanol–water partition coefficient (Wildman–Crippen LogP) is 3.85. The molecule has 0 aliphatic heterocycles. The zero-order valence-corrected chi connectivity index (χ0v) is 12.6. The van der Waals surface area contributed by atoms with Crippen LogP contribution in [0.4, 0.5) is 0 Å². The van der Waals surface area contributed by atoms with Gasteiger partial charge in [0.25, 0.3) is 0 Å². The van der Waals surface area contributed by atoms with E-state index in [-0.39, 0.29) is 0 Å². The molecule has 0 aromatic heterocycles. The van der Waals surface area contributed by atoms with Gasteiger partial charge in [-0.25, -0.2) is 0 Å². The summed E-state index contributed by atoms with van der Waals surface area (Å²) in [4.78, 5) is 0. The van der Waals surface area contributed by atoms with Crippen LogP contribution in [-0.4, -0.2) is 25.8 Å². The van der Waals surface area contributed by atoms with E-state index < -0.39 is 0 Å². The molecule has 0 aliphatic rings. The Labute approximate surface area is 109 Å². The normalized spacial score (nSPS) is 15.2. The average molecular weight is 243 g/mol. The molecule has 0 radical (unpaired) electrons. The third kappa shape index (κ3) is 9.61. The van der Waals surface area contributed by atoms with Crippen LogP contribution >= 0.6 is 0 Å². The lowest BCUT2D eigenvalue weighted by Gasteiger charge is -2.18.